The number of hydroxylamine groups is 1. The van der Waals surface area contributed by atoms with Gasteiger partial charge in [0.15, 0.2) is 0 Å². The molecule has 0 amide bonds. The predicted octanol–water partition coefficient (Wildman–Crippen LogP) is 6.39. The summed E-state index contributed by atoms with van der Waals surface area (Å²) in [4.78, 5) is 5.54. The van der Waals surface area contributed by atoms with Crippen LogP contribution in [0.1, 0.15) is 24.0 Å². The summed E-state index contributed by atoms with van der Waals surface area (Å²) in [6.45, 7) is 3.21. The summed E-state index contributed by atoms with van der Waals surface area (Å²) in [5.41, 5.74) is 5.09. The molecule has 1 N–H and O–H groups in total. The van der Waals surface area contributed by atoms with Crippen molar-refractivity contribution in [2.24, 2.45) is 0 Å². The molecule has 3 aromatic carbocycles. The van der Waals surface area contributed by atoms with Crippen LogP contribution in [-0.4, -0.2) is 6.54 Å². The quantitative estimate of drug-likeness (QED) is 0.385. The van der Waals surface area contributed by atoms with E-state index in [2.05, 4.69) is 54.9 Å². The Morgan fingerprint density at radius 3 is 2.32 bits per heavy atom. The molecular formula is C20H20Cl3NO. The highest BCUT2D eigenvalue weighted by Gasteiger charge is 2.08. The minimum atomic E-state index is 0. The second-order valence-electron chi connectivity index (χ2n) is 5.84. The molecule has 0 fully saturated rings. The fourth-order valence-electron chi connectivity index (χ4n) is 2.61. The van der Waals surface area contributed by atoms with Gasteiger partial charge in [-0.05, 0) is 34.4 Å². The lowest BCUT2D eigenvalue weighted by Gasteiger charge is -2.14. The number of fused-ring (bicyclic) bond motifs is 1. The van der Waals surface area contributed by atoms with Gasteiger partial charge in [0, 0.05) is 22.2 Å². The highest BCUT2D eigenvalue weighted by atomic mass is 35.5. The third-order valence-corrected chi connectivity index (χ3v) is 4.82. The number of benzene rings is 3. The number of hydrogen-bond donors (Lipinski definition) is 1. The molecule has 0 bridgehead atoms. The van der Waals surface area contributed by atoms with E-state index >= 15 is 0 Å². The van der Waals surface area contributed by atoms with Crippen molar-refractivity contribution in [1.29, 1.82) is 0 Å². The standard InChI is InChI=1S/C20H19Cl2NO.ClH/c1-14(16-10-9-15-5-2-3-6-17(15)11-16)12-23-24-13-18-19(21)7-4-8-20(18)22;/h2-11,14,23H,12-13H2,1H3;1H. The number of rotatable bonds is 6. The summed E-state index contributed by atoms with van der Waals surface area (Å²) in [6.07, 6.45) is 0. The molecule has 1 unspecified atom stereocenters. The van der Waals surface area contributed by atoms with Crippen molar-refractivity contribution in [3.63, 3.8) is 0 Å². The van der Waals surface area contributed by atoms with Gasteiger partial charge < -0.3 is 0 Å². The maximum Gasteiger partial charge on any atom is 0.0961 e. The van der Waals surface area contributed by atoms with Crippen molar-refractivity contribution in [3.8, 4) is 0 Å². The van der Waals surface area contributed by atoms with Gasteiger partial charge in [0.05, 0.1) is 6.61 Å². The van der Waals surface area contributed by atoms with Gasteiger partial charge in [-0.3, -0.25) is 4.84 Å². The van der Waals surface area contributed by atoms with Crippen molar-refractivity contribution in [2.45, 2.75) is 19.4 Å². The van der Waals surface area contributed by atoms with Crippen molar-refractivity contribution in [1.82, 2.24) is 5.48 Å². The lowest BCUT2D eigenvalue weighted by Crippen LogP contribution is -2.20. The molecule has 25 heavy (non-hydrogen) atoms. The summed E-state index contributed by atoms with van der Waals surface area (Å²) >= 11 is 12.3. The minimum absolute atomic E-state index is 0. The van der Waals surface area contributed by atoms with Gasteiger partial charge >= 0.3 is 0 Å². The molecule has 0 aliphatic carbocycles. The first-order valence-electron chi connectivity index (χ1n) is 7.91. The third kappa shape index (κ3) is 5.10. The van der Waals surface area contributed by atoms with E-state index in [9.17, 15) is 0 Å². The molecule has 132 valence electrons. The average Bonchev–Trinajstić information content (AvgIpc) is 2.60. The monoisotopic (exact) mass is 395 g/mol. The Morgan fingerprint density at radius 1 is 0.920 bits per heavy atom. The number of nitrogens with one attached hydrogen (secondary N) is 1. The maximum atomic E-state index is 6.13. The van der Waals surface area contributed by atoms with E-state index in [1.807, 2.05) is 18.2 Å². The molecule has 0 spiro atoms. The second-order valence-corrected chi connectivity index (χ2v) is 6.66. The van der Waals surface area contributed by atoms with Crippen LogP contribution in [0.15, 0.2) is 60.7 Å². The zero-order chi connectivity index (χ0) is 16.9. The molecule has 0 saturated carbocycles. The zero-order valence-corrected chi connectivity index (χ0v) is 16.2. The highest BCUT2D eigenvalue weighted by Crippen LogP contribution is 2.25. The Bertz CT molecular complexity index is 818. The van der Waals surface area contributed by atoms with E-state index in [0.29, 0.717) is 29.1 Å². The molecule has 0 aliphatic heterocycles. The first-order valence-corrected chi connectivity index (χ1v) is 8.67. The van der Waals surface area contributed by atoms with Crippen LogP contribution in [0.2, 0.25) is 10.0 Å². The van der Waals surface area contributed by atoms with Crippen molar-refractivity contribution in [2.75, 3.05) is 6.54 Å². The molecule has 0 aromatic heterocycles. The highest BCUT2D eigenvalue weighted by molar-refractivity contribution is 6.35. The van der Waals surface area contributed by atoms with Gasteiger partial charge in [0.2, 0.25) is 0 Å². The maximum absolute atomic E-state index is 6.13. The fraction of sp³-hybridized carbons (Fsp3) is 0.200. The third-order valence-electron chi connectivity index (χ3n) is 4.11. The zero-order valence-electron chi connectivity index (χ0n) is 13.8. The summed E-state index contributed by atoms with van der Waals surface area (Å²) in [5.74, 6) is 0.330. The van der Waals surface area contributed by atoms with E-state index in [0.717, 1.165) is 5.56 Å². The molecule has 5 heteroatoms. The van der Waals surface area contributed by atoms with E-state index in [1.165, 1.54) is 16.3 Å². The summed E-state index contributed by atoms with van der Waals surface area (Å²) in [7, 11) is 0. The molecule has 3 rings (SSSR count). The normalized spacial score (nSPS) is 12.0. The van der Waals surface area contributed by atoms with Gasteiger partial charge in [-0.2, -0.15) is 0 Å². The molecule has 2 nitrogen and oxygen atoms in total. The number of hydrogen-bond acceptors (Lipinski definition) is 2. The first kappa shape index (κ1) is 20.0. The van der Waals surface area contributed by atoms with Crippen LogP contribution < -0.4 is 5.48 Å². The SMILES string of the molecule is CC(CNOCc1c(Cl)cccc1Cl)c1ccc2ccccc2c1.Cl. The van der Waals surface area contributed by atoms with Crippen LogP contribution in [0.3, 0.4) is 0 Å². The molecule has 0 heterocycles. The topological polar surface area (TPSA) is 21.3 Å². The molecule has 0 aliphatic rings. The van der Waals surface area contributed by atoms with Gasteiger partial charge in [0.1, 0.15) is 0 Å². The van der Waals surface area contributed by atoms with Gasteiger partial charge in [-0.15, -0.1) is 12.4 Å². The van der Waals surface area contributed by atoms with Crippen LogP contribution >= 0.6 is 35.6 Å². The molecule has 1 atom stereocenters. The Kier molecular flexibility index (Phi) is 7.55. The van der Waals surface area contributed by atoms with Gasteiger partial charge in [-0.25, -0.2) is 5.48 Å². The van der Waals surface area contributed by atoms with Crippen LogP contribution in [0.5, 0.6) is 0 Å². The van der Waals surface area contributed by atoms with Crippen molar-refractivity contribution >= 4 is 46.4 Å². The van der Waals surface area contributed by atoms with Crippen LogP contribution in [0.4, 0.5) is 0 Å². The van der Waals surface area contributed by atoms with E-state index < -0.39 is 0 Å². The summed E-state index contributed by atoms with van der Waals surface area (Å²) in [6, 6.07) is 20.4. The molecule has 0 saturated heterocycles. The van der Waals surface area contributed by atoms with Gasteiger partial charge in [0.25, 0.3) is 0 Å². The Labute approximate surface area is 164 Å². The van der Waals surface area contributed by atoms with Crippen molar-refractivity contribution < 1.29 is 4.84 Å². The van der Waals surface area contributed by atoms with E-state index in [-0.39, 0.29) is 12.4 Å². The Balaban J connectivity index is 0.00000225. The fourth-order valence-corrected chi connectivity index (χ4v) is 3.12. The number of halogens is 3. The summed E-state index contributed by atoms with van der Waals surface area (Å²) < 4.78 is 0. The lowest BCUT2D eigenvalue weighted by atomic mass is 9.98. The molecule has 0 radical (unpaired) electrons. The molecule has 3 aromatic rings. The second kappa shape index (κ2) is 9.42. The first-order chi connectivity index (χ1) is 11.6. The Hall–Kier alpha value is -1.29. The van der Waals surface area contributed by atoms with Crippen LogP contribution in [0, 0.1) is 0 Å². The Morgan fingerprint density at radius 2 is 1.60 bits per heavy atom. The minimum Gasteiger partial charge on any atom is -0.297 e. The molecular weight excluding hydrogens is 377 g/mol. The van der Waals surface area contributed by atoms with Gasteiger partial charge in [-0.1, -0.05) is 78.7 Å². The van der Waals surface area contributed by atoms with E-state index in [1.54, 1.807) is 0 Å². The smallest absolute Gasteiger partial charge is 0.0961 e. The van der Waals surface area contributed by atoms with Crippen LogP contribution in [0.25, 0.3) is 10.8 Å². The average molecular weight is 397 g/mol. The lowest BCUT2D eigenvalue weighted by molar-refractivity contribution is 0.0256. The predicted molar refractivity (Wildman–Crippen MR) is 109 cm³/mol. The summed E-state index contributed by atoms with van der Waals surface area (Å²) in [5, 5.41) is 3.75. The largest absolute Gasteiger partial charge is 0.297 e. The van der Waals surface area contributed by atoms with E-state index in [4.69, 9.17) is 28.0 Å². The van der Waals surface area contributed by atoms with Crippen molar-refractivity contribution in [3.05, 3.63) is 81.8 Å². The van der Waals surface area contributed by atoms with Crippen LogP contribution in [-0.2, 0) is 11.4 Å².